The predicted molar refractivity (Wildman–Crippen MR) is 90.1 cm³/mol. The van der Waals surface area contributed by atoms with Gasteiger partial charge in [-0.1, -0.05) is 17.7 Å². The van der Waals surface area contributed by atoms with E-state index in [-0.39, 0.29) is 17.9 Å². The maximum atomic E-state index is 13.2. The van der Waals surface area contributed by atoms with Crippen LogP contribution in [-0.4, -0.2) is 24.5 Å². The van der Waals surface area contributed by atoms with Gasteiger partial charge in [-0.15, -0.1) is 0 Å². The molecule has 1 fully saturated rings. The van der Waals surface area contributed by atoms with Gasteiger partial charge >= 0.3 is 0 Å². The Bertz CT molecular complexity index is 626. The predicted octanol–water partition coefficient (Wildman–Crippen LogP) is 4.56. The molecule has 2 atom stereocenters. The van der Waals surface area contributed by atoms with Crippen molar-refractivity contribution in [1.82, 2.24) is 10.2 Å². The van der Waals surface area contributed by atoms with E-state index in [0.29, 0.717) is 5.02 Å². The van der Waals surface area contributed by atoms with E-state index in [9.17, 15) is 4.39 Å². The van der Waals surface area contributed by atoms with Gasteiger partial charge in [-0.25, -0.2) is 4.39 Å². The number of nitrogens with one attached hydrogen (secondary N) is 1. The van der Waals surface area contributed by atoms with Crippen molar-refractivity contribution in [2.24, 2.45) is 0 Å². The number of likely N-dealkylation sites (tertiary alicyclic amines) is 1. The van der Waals surface area contributed by atoms with Gasteiger partial charge in [0.1, 0.15) is 11.6 Å². The van der Waals surface area contributed by atoms with Gasteiger partial charge < -0.3 is 9.73 Å². The Morgan fingerprint density at radius 1 is 1.30 bits per heavy atom. The lowest BCUT2D eigenvalue weighted by atomic mass is 10.1. The van der Waals surface area contributed by atoms with Crippen LogP contribution in [0.1, 0.15) is 43.2 Å². The van der Waals surface area contributed by atoms with E-state index in [0.717, 1.165) is 31.0 Å². The molecule has 124 valence electrons. The zero-order valence-electron chi connectivity index (χ0n) is 13.3. The Hall–Kier alpha value is -1.36. The molecule has 0 amide bonds. The third-order valence-electron chi connectivity index (χ3n) is 4.50. The van der Waals surface area contributed by atoms with Crippen molar-refractivity contribution < 1.29 is 8.81 Å². The molecule has 0 aliphatic carbocycles. The summed E-state index contributed by atoms with van der Waals surface area (Å²) in [4.78, 5) is 2.45. The van der Waals surface area contributed by atoms with E-state index in [2.05, 4.69) is 10.2 Å². The molecular weight excluding hydrogens is 315 g/mol. The number of benzene rings is 1. The minimum Gasteiger partial charge on any atom is -0.468 e. The van der Waals surface area contributed by atoms with Gasteiger partial charge in [0.05, 0.1) is 12.3 Å². The van der Waals surface area contributed by atoms with E-state index in [4.69, 9.17) is 16.0 Å². The molecule has 0 bridgehead atoms. The van der Waals surface area contributed by atoms with Crippen LogP contribution in [-0.2, 0) is 0 Å². The van der Waals surface area contributed by atoms with E-state index in [1.165, 1.54) is 25.0 Å². The van der Waals surface area contributed by atoms with Gasteiger partial charge in [0.25, 0.3) is 0 Å². The molecule has 1 N–H and O–H groups in total. The lowest BCUT2D eigenvalue weighted by Gasteiger charge is -2.28. The van der Waals surface area contributed by atoms with Crippen LogP contribution in [0.2, 0.25) is 5.02 Å². The maximum Gasteiger partial charge on any atom is 0.124 e. The Balaban J connectivity index is 1.68. The zero-order valence-corrected chi connectivity index (χ0v) is 14.0. The normalized spacial score (nSPS) is 18.2. The molecular formula is C18H22ClFN2O. The topological polar surface area (TPSA) is 28.4 Å². The largest absolute Gasteiger partial charge is 0.468 e. The molecule has 0 spiro atoms. The fraction of sp³-hybridized carbons (Fsp3) is 0.444. The number of hydrogen-bond donors (Lipinski definition) is 1. The van der Waals surface area contributed by atoms with Crippen molar-refractivity contribution in [1.29, 1.82) is 0 Å². The second kappa shape index (κ2) is 7.47. The quantitative estimate of drug-likeness (QED) is 0.838. The first kappa shape index (κ1) is 16.5. The first-order valence-electron chi connectivity index (χ1n) is 8.11. The summed E-state index contributed by atoms with van der Waals surface area (Å²) in [5.74, 6) is 0.674. The molecule has 5 heteroatoms. The second-order valence-electron chi connectivity index (χ2n) is 6.07. The van der Waals surface area contributed by atoms with Crippen molar-refractivity contribution in [3.8, 4) is 0 Å². The summed E-state index contributed by atoms with van der Waals surface area (Å²) in [6.07, 6.45) is 4.19. The second-order valence-corrected chi connectivity index (χ2v) is 6.48. The first-order valence-corrected chi connectivity index (χ1v) is 8.48. The molecule has 2 aromatic rings. The first-order chi connectivity index (χ1) is 11.1. The Morgan fingerprint density at radius 2 is 2.09 bits per heavy atom. The van der Waals surface area contributed by atoms with E-state index in [1.54, 1.807) is 12.3 Å². The van der Waals surface area contributed by atoms with Gasteiger partial charge in [-0.3, -0.25) is 4.90 Å². The van der Waals surface area contributed by atoms with E-state index in [1.807, 2.05) is 19.1 Å². The molecule has 2 heterocycles. The summed E-state index contributed by atoms with van der Waals surface area (Å²) in [7, 11) is 0. The van der Waals surface area contributed by atoms with Gasteiger partial charge in [0.2, 0.25) is 0 Å². The molecule has 0 saturated carbocycles. The lowest BCUT2D eigenvalue weighted by Crippen LogP contribution is -2.35. The van der Waals surface area contributed by atoms with Crippen molar-refractivity contribution in [2.75, 3.05) is 19.6 Å². The average molecular weight is 337 g/mol. The maximum absolute atomic E-state index is 13.2. The smallest absolute Gasteiger partial charge is 0.124 e. The van der Waals surface area contributed by atoms with Crippen molar-refractivity contribution >= 4 is 11.6 Å². The summed E-state index contributed by atoms with van der Waals surface area (Å²) in [6, 6.07) is 8.77. The Labute approximate surface area is 141 Å². The van der Waals surface area contributed by atoms with Crippen molar-refractivity contribution in [3.05, 3.63) is 58.8 Å². The van der Waals surface area contributed by atoms with Crippen molar-refractivity contribution in [3.63, 3.8) is 0 Å². The SMILES string of the molecule is CC(NCC(c1ccco1)N1CCCC1)c1ccc(F)cc1Cl. The fourth-order valence-electron chi connectivity index (χ4n) is 3.19. The van der Waals surface area contributed by atoms with E-state index < -0.39 is 0 Å². The number of hydrogen-bond acceptors (Lipinski definition) is 3. The van der Waals surface area contributed by atoms with Gasteiger partial charge in [0, 0.05) is 17.6 Å². The molecule has 2 unspecified atom stereocenters. The highest BCUT2D eigenvalue weighted by Crippen LogP contribution is 2.27. The third-order valence-corrected chi connectivity index (χ3v) is 4.83. The highest BCUT2D eigenvalue weighted by molar-refractivity contribution is 6.31. The molecule has 3 nitrogen and oxygen atoms in total. The summed E-state index contributed by atoms with van der Waals surface area (Å²) < 4.78 is 18.8. The number of rotatable bonds is 6. The minimum atomic E-state index is -0.309. The highest BCUT2D eigenvalue weighted by atomic mass is 35.5. The van der Waals surface area contributed by atoms with Gasteiger partial charge in [0.15, 0.2) is 0 Å². The van der Waals surface area contributed by atoms with Crippen LogP contribution in [0.5, 0.6) is 0 Å². The molecule has 1 aromatic carbocycles. The van der Waals surface area contributed by atoms with Crippen LogP contribution in [0.3, 0.4) is 0 Å². The Morgan fingerprint density at radius 3 is 2.74 bits per heavy atom. The fourth-order valence-corrected chi connectivity index (χ4v) is 3.53. The van der Waals surface area contributed by atoms with Crippen LogP contribution in [0.4, 0.5) is 4.39 Å². The molecule has 1 aliphatic heterocycles. The molecule has 1 aromatic heterocycles. The molecule has 1 aliphatic rings. The third kappa shape index (κ3) is 3.94. The highest BCUT2D eigenvalue weighted by Gasteiger charge is 2.26. The van der Waals surface area contributed by atoms with Gasteiger partial charge in [-0.2, -0.15) is 0 Å². The number of halogens is 2. The van der Waals surface area contributed by atoms with Crippen LogP contribution in [0.25, 0.3) is 0 Å². The summed E-state index contributed by atoms with van der Waals surface area (Å²) in [5, 5.41) is 3.97. The standard InChI is InChI=1S/C18H22ClFN2O/c1-13(15-7-6-14(20)11-16(15)19)21-12-17(18-5-4-10-23-18)22-8-2-3-9-22/h4-7,10-11,13,17,21H,2-3,8-9,12H2,1H3. The number of nitrogens with zero attached hydrogens (tertiary/aromatic N) is 1. The lowest BCUT2D eigenvalue weighted by molar-refractivity contribution is 0.205. The Kier molecular flexibility index (Phi) is 5.36. The van der Waals surface area contributed by atoms with Crippen LogP contribution >= 0.6 is 11.6 Å². The summed E-state index contributed by atoms with van der Waals surface area (Å²) in [6.45, 7) is 5.00. The summed E-state index contributed by atoms with van der Waals surface area (Å²) >= 11 is 6.16. The van der Waals surface area contributed by atoms with Gasteiger partial charge in [-0.05, 0) is 62.7 Å². The molecule has 0 radical (unpaired) electrons. The molecule has 1 saturated heterocycles. The van der Waals surface area contributed by atoms with Crippen LogP contribution in [0, 0.1) is 5.82 Å². The molecule has 23 heavy (non-hydrogen) atoms. The minimum absolute atomic E-state index is 0.0446. The van der Waals surface area contributed by atoms with Crippen molar-refractivity contribution in [2.45, 2.75) is 31.8 Å². The van der Waals surface area contributed by atoms with Crippen LogP contribution < -0.4 is 5.32 Å². The zero-order chi connectivity index (χ0) is 16.2. The monoisotopic (exact) mass is 336 g/mol. The van der Waals surface area contributed by atoms with E-state index >= 15 is 0 Å². The van der Waals surface area contributed by atoms with Crippen LogP contribution in [0.15, 0.2) is 41.0 Å². The summed E-state index contributed by atoms with van der Waals surface area (Å²) in [5.41, 5.74) is 0.910. The number of furan rings is 1. The molecule has 3 rings (SSSR count). The average Bonchev–Trinajstić information content (AvgIpc) is 3.21.